The van der Waals surface area contributed by atoms with E-state index in [0.717, 1.165) is 6.07 Å². The summed E-state index contributed by atoms with van der Waals surface area (Å²) in [5.41, 5.74) is 5.41. The van der Waals surface area contributed by atoms with Crippen LogP contribution >= 0.6 is 0 Å². The van der Waals surface area contributed by atoms with Crippen molar-refractivity contribution in [3.63, 3.8) is 0 Å². The van der Waals surface area contributed by atoms with E-state index in [9.17, 15) is 13.2 Å². The molecule has 0 amide bonds. The van der Waals surface area contributed by atoms with Crippen LogP contribution in [0.25, 0.3) is 0 Å². The predicted octanol–water partition coefficient (Wildman–Crippen LogP) is 1.89. The lowest BCUT2D eigenvalue weighted by Gasteiger charge is -2.01. The minimum absolute atomic E-state index is 0.0406. The number of alkyl halides is 3. The van der Waals surface area contributed by atoms with E-state index < -0.39 is 11.9 Å². The van der Waals surface area contributed by atoms with E-state index in [0.29, 0.717) is 5.69 Å². The largest absolute Gasteiger partial charge is 0.435 e. The average molecular weight is 233 g/mol. The zero-order valence-electron chi connectivity index (χ0n) is 9.34. The minimum Gasteiger partial charge on any atom is -0.327 e. The van der Waals surface area contributed by atoms with Gasteiger partial charge in [0.25, 0.3) is 0 Å². The number of rotatable bonds is 1. The van der Waals surface area contributed by atoms with Gasteiger partial charge >= 0.3 is 6.18 Å². The van der Waals surface area contributed by atoms with Crippen LogP contribution in [0.1, 0.15) is 31.2 Å². The molecule has 0 bridgehead atoms. The highest BCUT2D eigenvalue weighted by molar-refractivity contribution is 5.31. The summed E-state index contributed by atoms with van der Waals surface area (Å²) in [5.74, 6) is -0.0406. The second-order valence-corrected chi connectivity index (χ2v) is 4.90. The molecule has 1 aliphatic carbocycles. The van der Waals surface area contributed by atoms with E-state index in [1.165, 1.54) is 11.7 Å². The van der Waals surface area contributed by atoms with Gasteiger partial charge in [0.1, 0.15) is 0 Å². The van der Waals surface area contributed by atoms with Crippen LogP contribution in [-0.4, -0.2) is 15.8 Å². The lowest BCUT2D eigenvalue weighted by atomic mass is 10.1. The monoisotopic (exact) mass is 233 g/mol. The van der Waals surface area contributed by atoms with Crippen molar-refractivity contribution in [2.24, 2.45) is 18.2 Å². The third-order valence-electron chi connectivity index (χ3n) is 3.44. The lowest BCUT2D eigenvalue weighted by Crippen LogP contribution is -2.07. The third kappa shape index (κ3) is 1.52. The number of aryl methyl sites for hydroxylation is 1. The number of aromatic nitrogens is 2. The Hall–Kier alpha value is -1.04. The van der Waals surface area contributed by atoms with E-state index >= 15 is 0 Å². The van der Waals surface area contributed by atoms with Crippen molar-refractivity contribution in [3.8, 4) is 0 Å². The molecule has 0 aromatic carbocycles. The summed E-state index contributed by atoms with van der Waals surface area (Å²) in [4.78, 5) is 0. The molecule has 0 unspecified atom stereocenters. The summed E-state index contributed by atoms with van der Waals surface area (Å²) < 4.78 is 38.6. The van der Waals surface area contributed by atoms with Gasteiger partial charge in [0.05, 0.1) is 0 Å². The number of hydrogen-bond acceptors (Lipinski definition) is 2. The van der Waals surface area contributed by atoms with E-state index in [1.807, 2.05) is 13.8 Å². The fourth-order valence-electron chi connectivity index (χ4n) is 2.15. The van der Waals surface area contributed by atoms with Crippen molar-refractivity contribution < 1.29 is 13.2 Å². The summed E-state index contributed by atoms with van der Waals surface area (Å²) in [5, 5.41) is 3.48. The Morgan fingerprint density at radius 1 is 1.44 bits per heavy atom. The molecule has 1 heterocycles. The molecule has 2 atom stereocenters. The van der Waals surface area contributed by atoms with Crippen LogP contribution in [0.3, 0.4) is 0 Å². The van der Waals surface area contributed by atoms with Crippen LogP contribution in [0, 0.1) is 5.41 Å². The van der Waals surface area contributed by atoms with Crippen LogP contribution in [0.4, 0.5) is 13.2 Å². The molecule has 0 saturated heterocycles. The summed E-state index contributed by atoms with van der Waals surface area (Å²) in [6.07, 6.45) is -4.39. The van der Waals surface area contributed by atoms with Crippen molar-refractivity contribution in [3.05, 3.63) is 17.5 Å². The predicted molar refractivity (Wildman–Crippen MR) is 52.7 cm³/mol. The molecular weight excluding hydrogens is 219 g/mol. The average Bonchev–Trinajstić information content (AvgIpc) is 2.47. The second kappa shape index (κ2) is 3.00. The summed E-state index contributed by atoms with van der Waals surface area (Å²) in [6, 6.07) is 1.00. The molecule has 90 valence electrons. The van der Waals surface area contributed by atoms with Crippen LogP contribution in [0.15, 0.2) is 6.07 Å². The lowest BCUT2D eigenvalue weighted by molar-refractivity contribution is -0.141. The van der Waals surface area contributed by atoms with Crippen molar-refractivity contribution in [2.75, 3.05) is 0 Å². The first-order valence-electron chi connectivity index (χ1n) is 5.02. The Morgan fingerprint density at radius 2 is 1.94 bits per heavy atom. The van der Waals surface area contributed by atoms with Gasteiger partial charge in [-0.05, 0) is 11.5 Å². The van der Waals surface area contributed by atoms with E-state index in [2.05, 4.69) is 5.10 Å². The maximum Gasteiger partial charge on any atom is 0.435 e. The molecule has 1 fully saturated rings. The van der Waals surface area contributed by atoms with E-state index in [1.54, 1.807) is 0 Å². The van der Waals surface area contributed by atoms with Gasteiger partial charge in [0.2, 0.25) is 0 Å². The quantitative estimate of drug-likeness (QED) is 0.805. The van der Waals surface area contributed by atoms with Crippen LogP contribution in [-0.2, 0) is 13.2 Å². The third-order valence-corrected chi connectivity index (χ3v) is 3.44. The minimum atomic E-state index is -4.39. The first-order chi connectivity index (χ1) is 7.15. The Labute approximate surface area is 91.4 Å². The fraction of sp³-hybridized carbons (Fsp3) is 0.700. The normalized spacial score (nSPS) is 28.2. The van der Waals surface area contributed by atoms with Gasteiger partial charge in [0, 0.05) is 24.7 Å². The molecule has 16 heavy (non-hydrogen) atoms. The number of hydrogen-bond donors (Lipinski definition) is 1. The van der Waals surface area contributed by atoms with Gasteiger partial charge in [-0.1, -0.05) is 13.8 Å². The summed E-state index contributed by atoms with van der Waals surface area (Å²) in [7, 11) is 1.52. The Morgan fingerprint density at radius 3 is 2.25 bits per heavy atom. The van der Waals surface area contributed by atoms with E-state index in [4.69, 9.17) is 5.73 Å². The Bertz CT molecular complexity index is 419. The Balaban J connectivity index is 2.35. The molecule has 0 aliphatic heterocycles. The molecule has 2 N–H and O–H groups in total. The smallest absolute Gasteiger partial charge is 0.327 e. The van der Waals surface area contributed by atoms with Crippen LogP contribution in [0.5, 0.6) is 0 Å². The van der Waals surface area contributed by atoms with Gasteiger partial charge in [-0.2, -0.15) is 18.3 Å². The standard InChI is InChI=1S/C10H14F3N3/c1-9(2)7(8(9)14)5-4-6(10(11,12)13)15-16(5)3/h4,7-8H,14H2,1-3H3/t7-,8-/m1/s1. The first kappa shape index (κ1) is 11.4. The van der Waals surface area contributed by atoms with E-state index in [-0.39, 0.29) is 17.4 Å². The first-order valence-corrected chi connectivity index (χ1v) is 5.02. The zero-order chi connectivity index (χ0) is 12.3. The molecule has 0 spiro atoms. The number of halogens is 3. The highest BCUT2D eigenvalue weighted by Gasteiger charge is 2.58. The molecule has 1 aromatic rings. The fourth-order valence-corrected chi connectivity index (χ4v) is 2.15. The topological polar surface area (TPSA) is 43.8 Å². The number of nitrogens with zero attached hydrogens (tertiary/aromatic N) is 2. The van der Waals surface area contributed by atoms with Crippen molar-refractivity contribution in [1.29, 1.82) is 0 Å². The maximum atomic E-state index is 12.4. The highest BCUT2D eigenvalue weighted by atomic mass is 19.4. The van der Waals surface area contributed by atoms with Gasteiger partial charge in [-0.25, -0.2) is 0 Å². The van der Waals surface area contributed by atoms with Gasteiger partial charge in [0.15, 0.2) is 5.69 Å². The van der Waals surface area contributed by atoms with Crippen molar-refractivity contribution in [1.82, 2.24) is 9.78 Å². The maximum absolute atomic E-state index is 12.4. The molecule has 6 heteroatoms. The van der Waals surface area contributed by atoms with Gasteiger partial charge in [-0.3, -0.25) is 4.68 Å². The molecule has 1 aliphatic rings. The molecule has 0 radical (unpaired) electrons. The molecule has 3 nitrogen and oxygen atoms in total. The van der Waals surface area contributed by atoms with Gasteiger partial charge < -0.3 is 5.73 Å². The Kier molecular flexibility index (Phi) is 2.15. The number of nitrogens with two attached hydrogens (primary N) is 1. The van der Waals surface area contributed by atoms with Crippen LogP contribution in [0.2, 0.25) is 0 Å². The summed E-state index contributed by atoms with van der Waals surface area (Å²) in [6.45, 7) is 3.89. The molecular formula is C10H14F3N3. The highest BCUT2D eigenvalue weighted by Crippen LogP contribution is 2.57. The zero-order valence-corrected chi connectivity index (χ0v) is 9.34. The molecule has 2 rings (SSSR count). The van der Waals surface area contributed by atoms with Crippen molar-refractivity contribution in [2.45, 2.75) is 32.0 Å². The molecule has 1 aromatic heterocycles. The second-order valence-electron chi connectivity index (χ2n) is 4.90. The van der Waals surface area contributed by atoms with Gasteiger partial charge in [-0.15, -0.1) is 0 Å². The van der Waals surface area contributed by atoms with Crippen molar-refractivity contribution >= 4 is 0 Å². The summed E-state index contributed by atoms with van der Waals surface area (Å²) >= 11 is 0. The molecule has 1 saturated carbocycles. The van der Waals surface area contributed by atoms with Crippen LogP contribution < -0.4 is 5.73 Å². The SMILES string of the molecule is Cn1nc(C(F)(F)F)cc1[C@@H]1[C@@H](N)C1(C)C.